The molecular formula is C18H26F5IN4. The van der Waals surface area contributed by atoms with Crippen LogP contribution < -0.4 is 10.6 Å². The van der Waals surface area contributed by atoms with Gasteiger partial charge in [0.25, 0.3) is 0 Å². The summed E-state index contributed by atoms with van der Waals surface area (Å²) in [5.74, 6) is -0.174. The molecule has 2 rings (SSSR count). The van der Waals surface area contributed by atoms with Crippen molar-refractivity contribution in [3.63, 3.8) is 0 Å². The molecule has 0 atom stereocenters. The minimum atomic E-state index is -4.15. The number of likely N-dealkylation sites (tertiary alicyclic amines) is 1. The highest BCUT2D eigenvalue weighted by Crippen LogP contribution is 2.23. The fourth-order valence-electron chi connectivity index (χ4n) is 3.16. The zero-order valence-corrected chi connectivity index (χ0v) is 18.0. The Bertz CT molecular complexity index is 631. The van der Waals surface area contributed by atoms with Gasteiger partial charge in [-0.05, 0) is 56.5 Å². The van der Waals surface area contributed by atoms with Crippen molar-refractivity contribution in [3.8, 4) is 0 Å². The lowest BCUT2D eigenvalue weighted by Crippen LogP contribution is -2.41. The molecule has 2 N–H and O–H groups in total. The van der Waals surface area contributed by atoms with Crippen LogP contribution in [0.15, 0.2) is 23.2 Å². The summed E-state index contributed by atoms with van der Waals surface area (Å²) < 4.78 is 64.0. The van der Waals surface area contributed by atoms with E-state index < -0.39 is 24.4 Å². The molecule has 10 heteroatoms. The second-order valence-corrected chi connectivity index (χ2v) is 6.71. The predicted molar refractivity (Wildman–Crippen MR) is 110 cm³/mol. The van der Waals surface area contributed by atoms with Crippen molar-refractivity contribution in [2.45, 2.75) is 32.0 Å². The highest BCUT2D eigenvalue weighted by Gasteiger charge is 2.32. The molecule has 0 radical (unpaired) electrons. The number of rotatable bonds is 6. The van der Waals surface area contributed by atoms with E-state index in [1.165, 1.54) is 4.90 Å². The van der Waals surface area contributed by atoms with E-state index in [1.807, 2.05) is 0 Å². The lowest BCUT2D eigenvalue weighted by Gasteiger charge is -2.32. The number of aliphatic imine (C=N–C) groups is 1. The van der Waals surface area contributed by atoms with Gasteiger partial charge in [-0.25, -0.2) is 8.78 Å². The first-order valence-electron chi connectivity index (χ1n) is 8.94. The molecule has 160 valence electrons. The average Bonchev–Trinajstić information content (AvgIpc) is 2.60. The molecular weight excluding hydrogens is 494 g/mol. The van der Waals surface area contributed by atoms with Crippen LogP contribution in [-0.2, 0) is 6.54 Å². The lowest BCUT2D eigenvalue weighted by molar-refractivity contribution is -0.148. The third-order valence-electron chi connectivity index (χ3n) is 4.63. The zero-order chi connectivity index (χ0) is 19.9. The SMILES string of the molecule is CN=C(NCCC1CCN(CC(F)(F)F)CC1)NCc1cc(F)ccc1F.I. The molecule has 0 spiro atoms. The van der Waals surface area contributed by atoms with Crippen LogP contribution in [0, 0.1) is 17.6 Å². The third kappa shape index (κ3) is 8.89. The number of hydrogen-bond donors (Lipinski definition) is 2. The largest absolute Gasteiger partial charge is 0.401 e. The Morgan fingerprint density at radius 1 is 1.18 bits per heavy atom. The second-order valence-electron chi connectivity index (χ2n) is 6.71. The van der Waals surface area contributed by atoms with Gasteiger partial charge in [-0.3, -0.25) is 9.89 Å². The van der Waals surface area contributed by atoms with E-state index in [9.17, 15) is 22.0 Å². The molecule has 1 fully saturated rings. The number of benzene rings is 1. The first kappa shape index (κ1) is 24.9. The molecule has 28 heavy (non-hydrogen) atoms. The van der Waals surface area contributed by atoms with Crippen molar-refractivity contribution in [3.05, 3.63) is 35.4 Å². The molecule has 0 aromatic heterocycles. The summed E-state index contributed by atoms with van der Waals surface area (Å²) in [6, 6.07) is 3.27. The van der Waals surface area contributed by atoms with Gasteiger partial charge in [0.2, 0.25) is 0 Å². The summed E-state index contributed by atoms with van der Waals surface area (Å²) in [4.78, 5) is 5.48. The molecule has 4 nitrogen and oxygen atoms in total. The van der Waals surface area contributed by atoms with Crippen LogP contribution in [0.5, 0.6) is 0 Å². The van der Waals surface area contributed by atoms with Crippen molar-refractivity contribution in [2.24, 2.45) is 10.9 Å². The molecule has 0 saturated carbocycles. The van der Waals surface area contributed by atoms with Gasteiger partial charge < -0.3 is 10.6 Å². The summed E-state index contributed by atoms with van der Waals surface area (Å²) in [6.07, 6.45) is -1.86. The molecule has 0 bridgehead atoms. The molecule has 1 aromatic rings. The normalized spacial score (nSPS) is 16.6. The molecule has 1 aromatic carbocycles. The summed E-state index contributed by atoms with van der Waals surface area (Å²) in [6.45, 7) is 0.769. The topological polar surface area (TPSA) is 39.7 Å². The van der Waals surface area contributed by atoms with Gasteiger partial charge in [0.1, 0.15) is 11.6 Å². The van der Waals surface area contributed by atoms with Crippen molar-refractivity contribution in [1.82, 2.24) is 15.5 Å². The van der Waals surface area contributed by atoms with Gasteiger partial charge in [-0.15, -0.1) is 24.0 Å². The van der Waals surface area contributed by atoms with E-state index in [0.717, 1.165) is 37.5 Å². The van der Waals surface area contributed by atoms with Crippen LogP contribution in [0.4, 0.5) is 22.0 Å². The highest BCUT2D eigenvalue weighted by molar-refractivity contribution is 14.0. The fraction of sp³-hybridized carbons (Fsp3) is 0.611. The maximum atomic E-state index is 13.6. The van der Waals surface area contributed by atoms with Gasteiger partial charge in [0.05, 0.1) is 6.54 Å². The van der Waals surface area contributed by atoms with E-state index in [1.54, 1.807) is 7.05 Å². The molecule has 1 heterocycles. The smallest absolute Gasteiger partial charge is 0.356 e. The molecule has 0 unspecified atom stereocenters. The van der Waals surface area contributed by atoms with Gasteiger partial charge in [-0.2, -0.15) is 13.2 Å². The molecule has 1 aliphatic rings. The first-order valence-corrected chi connectivity index (χ1v) is 8.94. The van der Waals surface area contributed by atoms with Gasteiger partial charge in [0, 0.05) is 25.7 Å². The molecule has 1 saturated heterocycles. The van der Waals surface area contributed by atoms with Crippen LogP contribution in [0.25, 0.3) is 0 Å². The number of halogens is 6. The van der Waals surface area contributed by atoms with E-state index >= 15 is 0 Å². The number of hydrogen-bond acceptors (Lipinski definition) is 2. The fourth-order valence-corrected chi connectivity index (χ4v) is 3.16. The summed E-state index contributed by atoms with van der Waals surface area (Å²) in [5, 5.41) is 6.02. The summed E-state index contributed by atoms with van der Waals surface area (Å²) >= 11 is 0. The van der Waals surface area contributed by atoms with Crippen molar-refractivity contribution in [1.29, 1.82) is 0 Å². The summed E-state index contributed by atoms with van der Waals surface area (Å²) in [5.41, 5.74) is 0.204. The van der Waals surface area contributed by atoms with Gasteiger partial charge >= 0.3 is 6.18 Å². The summed E-state index contributed by atoms with van der Waals surface area (Å²) in [7, 11) is 1.58. The molecule has 0 aliphatic carbocycles. The van der Waals surface area contributed by atoms with E-state index in [0.29, 0.717) is 31.5 Å². The lowest BCUT2D eigenvalue weighted by atomic mass is 9.93. The maximum absolute atomic E-state index is 13.6. The van der Waals surface area contributed by atoms with Crippen LogP contribution in [0.2, 0.25) is 0 Å². The number of guanidine groups is 1. The monoisotopic (exact) mass is 520 g/mol. The average molecular weight is 520 g/mol. The van der Waals surface area contributed by atoms with Gasteiger partial charge in [-0.1, -0.05) is 0 Å². The minimum Gasteiger partial charge on any atom is -0.356 e. The predicted octanol–water partition coefficient (Wildman–Crippen LogP) is 3.91. The maximum Gasteiger partial charge on any atom is 0.401 e. The first-order chi connectivity index (χ1) is 12.8. The second kappa shape index (κ2) is 11.7. The van der Waals surface area contributed by atoms with Crippen molar-refractivity contribution < 1.29 is 22.0 Å². The van der Waals surface area contributed by atoms with E-state index in [4.69, 9.17) is 0 Å². The molecule has 1 aliphatic heterocycles. The number of nitrogens with one attached hydrogen (secondary N) is 2. The highest BCUT2D eigenvalue weighted by atomic mass is 127. The quantitative estimate of drug-likeness (QED) is 0.259. The Labute approximate surface area is 179 Å². The van der Waals surface area contributed by atoms with Crippen molar-refractivity contribution in [2.75, 3.05) is 33.2 Å². The van der Waals surface area contributed by atoms with Crippen LogP contribution >= 0.6 is 24.0 Å². The Hall–Kier alpha value is -1.17. The zero-order valence-electron chi connectivity index (χ0n) is 15.7. The number of nitrogens with zero attached hydrogens (tertiary/aromatic N) is 2. The van der Waals surface area contributed by atoms with E-state index in [-0.39, 0.29) is 36.1 Å². The Morgan fingerprint density at radius 2 is 1.86 bits per heavy atom. The van der Waals surface area contributed by atoms with E-state index in [2.05, 4.69) is 15.6 Å². The Balaban J connectivity index is 0.00000392. The Kier molecular flexibility index (Phi) is 10.4. The minimum absolute atomic E-state index is 0. The Morgan fingerprint density at radius 3 is 2.46 bits per heavy atom. The third-order valence-corrected chi connectivity index (χ3v) is 4.63. The number of piperidine rings is 1. The van der Waals surface area contributed by atoms with Gasteiger partial charge in [0.15, 0.2) is 5.96 Å². The van der Waals surface area contributed by atoms with Crippen molar-refractivity contribution >= 4 is 29.9 Å². The van der Waals surface area contributed by atoms with Crippen LogP contribution in [0.3, 0.4) is 0 Å². The van der Waals surface area contributed by atoms with Crippen LogP contribution in [0.1, 0.15) is 24.8 Å². The standard InChI is InChI=1S/C18H25F5N4.HI/c1-24-17(26-11-14-10-15(19)2-3-16(14)20)25-7-4-13-5-8-27(9-6-13)12-18(21,22)23;/h2-3,10,13H,4-9,11-12H2,1H3,(H2,24,25,26);1H. The molecule has 0 amide bonds. The van der Waals surface area contributed by atoms with Crippen LogP contribution in [-0.4, -0.2) is 50.3 Å². The number of alkyl halides is 3.